The van der Waals surface area contributed by atoms with Crippen molar-refractivity contribution < 1.29 is 4.39 Å². The van der Waals surface area contributed by atoms with Crippen molar-refractivity contribution in [2.75, 3.05) is 39.2 Å². The standard InChI is InChI=1S/C15H25FN2S/c1-12(11-18(3)9-10-19-4)15(17-2)13-7-5-6-8-14(13)16/h5-8,12,15,17H,9-11H2,1-4H3. The van der Waals surface area contributed by atoms with Gasteiger partial charge in [-0.1, -0.05) is 25.1 Å². The molecular formula is C15H25FN2S. The predicted octanol–water partition coefficient (Wildman–Crippen LogP) is 3.02. The fraction of sp³-hybridized carbons (Fsp3) is 0.600. The number of thioether (sulfide) groups is 1. The zero-order valence-corrected chi connectivity index (χ0v) is 13.1. The molecule has 0 saturated carbocycles. The van der Waals surface area contributed by atoms with E-state index in [1.165, 1.54) is 6.07 Å². The van der Waals surface area contributed by atoms with Crippen molar-refractivity contribution in [3.05, 3.63) is 35.6 Å². The van der Waals surface area contributed by atoms with Gasteiger partial charge >= 0.3 is 0 Å². The van der Waals surface area contributed by atoms with E-state index in [-0.39, 0.29) is 11.9 Å². The topological polar surface area (TPSA) is 15.3 Å². The zero-order chi connectivity index (χ0) is 14.3. The zero-order valence-electron chi connectivity index (χ0n) is 12.3. The number of nitrogens with zero attached hydrogens (tertiary/aromatic N) is 1. The molecule has 2 atom stereocenters. The van der Waals surface area contributed by atoms with Crippen LogP contribution >= 0.6 is 11.8 Å². The Labute approximate surface area is 120 Å². The summed E-state index contributed by atoms with van der Waals surface area (Å²) in [7, 11) is 4.02. The molecule has 0 bridgehead atoms. The highest BCUT2D eigenvalue weighted by Gasteiger charge is 2.21. The van der Waals surface area contributed by atoms with Crippen LogP contribution in [0.5, 0.6) is 0 Å². The molecule has 0 aromatic heterocycles. The molecule has 0 amide bonds. The molecular weight excluding hydrogens is 259 g/mol. The first-order valence-electron chi connectivity index (χ1n) is 6.69. The van der Waals surface area contributed by atoms with Crippen LogP contribution in [0, 0.1) is 11.7 Å². The van der Waals surface area contributed by atoms with Gasteiger partial charge in [-0.3, -0.25) is 0 Å². The van der Waals surface area contributed by atoms with Gasteiger partial charge in [0, 0.05) is 30.4 Å². The van der Waals surface area contributed by atoms with Crippen LogP contribution in [-0.4, -0.2) is 44.1 Å². The highest BCUT2D eigenvalue weighted by molar-refractivity contribution is 7.98. The molecule has 0 aliphatic carbocycles. The highest BCUT2D eigenvalue weighted by atomic mass is 32.2. The molecule has 0 fully saturated rings. The molecule has 108 valence electrons. The largest absolute Gasteiger partial charge is 0.313 e. The molecule has 2 nitrogen and oxygen atoms in total. The minimum Gasteiger partial charge on any atom is -0.313 e. The maximum atomic E-state index is 13.9. The Kier molecular flexibility index (Phi) is 7.42. The fourth-order valence-corrected chi connectivity index (χ4v) is 2.90. The molecule has 0 aliphatic heterocycles. The van der Waals surface area contributed by atoms with Gasteiger partial charge in [0.05, 0.1) is 0 Å². The third kappa shape index (κ3) is 5.13. The fourth-order valence-electron chi connectivity index (χ4n) is 2.41. The van der Waals surface area contributed by atoms with E-state index in [9.17, 15) is 4.39 Å². The van der Waals surface area contributed by atoms with Crippen LogP contribution in [0.2, 0.25) is 0 Å². The van der Waals surface area contributed by atoms with E-state index in [1.807, 2.05) is 30.9 Å². The van der Waals surface area contributed by atoms with Gasteiger partial charge in [-0.05, 0) is 32.3 Å². The molecule has 0 spiro atoms. The monoisotopic (exact) mass is 284 g/mol. The van der Waals surface area contributed by atoms with Crippen LogP contribution in [0.15, 0.2) is 24.3 Å². The Hall–Kier alpha value is -0.580. The molecule has 1 aromatic carbocycles. The second-order valence-corrected chi connectivity index (χ2v) is 6.01. The maximum Gasteiger partial charge on any atom is 0.127 e. The third-order valence-electron chi connectivity index (χ3n) is 3.40. The Morgan fingerprint density at radius 1 is 1.37 bits per heavy atom. The van der Waals surface area contributed by atoms with E-state index < -0.39 is 0 Å². The number of nitrogens with one attached hydrogen (secondary N) is 1. The van der Waals surface area contributed by atoms with E-state index in [4.69, 9.17) is 0 Å². The molecule has 4 heteroatoms. The van der Waals surface area contributed by atoms with Crippen LogP contribution < -0.4 is 5.32 Å². The third-order valence-corrected chi connectivity index (χ3v) is 3.99. The minimum absolute atomic E-state index is 0.0536. The van der Waals surface area contributed by atoms with E-state index in [2.05, 4.69) is 30.4 Å². The van der Waals surface area contributed by atoms with Gasteiger partial charge in [0.1, 0.15) is 5.82 Å². The molecule has 19 heavy (non-hydrogen) atoms. The molecule has 1 rings (SSSR count). The summed E-state index contributed by atoms with van der Waals surface area (Å²) in [6.07, 6.45) is 2.12. The van der Waals surface area contributed by atoms with Gasteiger partial charge < -0.3 is 10.2 Å². The number of benzene rings is 1. The van der Waals surface area contributed by atoms with Gasteiger partial charge in [-0.15, -0.1) is 0 Å². The second-order valence-electron chi connectivity index (χ2n) is 5.02. The van der Waals surface area contributed by atoms with E-state index >= 15 is 0 Å². The van der Waals surface area contributed by atoms with E-state index in [0.717, 1.165) is 24.4 Å². The molecule has 2 unspecified atom stereocenters. The molecule has 1 N–H and O–H groups in total. The van der Waals surface area contributed by atoms with Crippen LogP contribution in [0.3, 0.4) is 0 Å². The van der Waals surface area contributed by atoms with Crippen LogP contribution in [0.1, 0.15) is 18.5 Å². The molecule has 0 saturated heterocycles. The predicted molar refractivity (Wildman–Crippen MR) is 83.2 cm³/mol. The molecule has 1 aromatic rings. The maximum absolute atomic E-state index is 13.9. The van der Waals surface area contributed by atoms with Crippen molar-refractivity contribution in [3.8, 4) is 0 Å². The lowest BCUT2D eigenvalue weighted by molar-refractivity contribution is 0.260. The van der Waals surface area contributed by atoms with Gasteiger partial charge in [0.2, 0.25) is 0 Å². The first kappa shape index (κ1) is 16.5. The number of hydrogen-bond donors (Lipinski definition) is 1. The average molecular weight is 284 g/mol. The van der Waals surface area contributed by atoms with Crippen LogP contribution in [0.4, 0.5) is 4.39 Å². The normalized spacial score (nSPS) is 14.6. The van der Waals surface area contributed by atoms with Crippen molar-refractivity contribution in [1.82, 2.24) is 10.2 Å². The van der Waals surface area contributed by atoms with Gasteiger partial charge in [-0.25, -0.2) is 4.39 Å². The lowest BCUT2D eigenvalue weighted by Gasteiger charge is -2.28. The van der Waals surface area contributed by atoms with E-state index in [1.54, 1.807) is 6.07 Å². The molecule has 0 heterocycles. The summed E-state index contributed by atoms with van der Waals surface area (Å²) < 4.78 is 13.9. The Morgan fingerprint density at radius 2 is 2.05 bits per heavy atom. The van der Waals surface area contributed by atoms with E-state index in [0.29, 0.717) is 5.92 Å². The minimum atomic E-state index is -0.125. The lowest BCUT2D eigenvalue weighted by Crippen LogP contribution is -2.34. The van der Waals surface area contributed by atoms with Crippen molar-refractivity contribution in [2.45, 2.75) is 13.0 Å². The summed E-state index contributed by atoms with van der Waals surface area (Å²) in [6.45, 7) is 4.20. The summed E-state index contributed by atoms with van der Waals surface area (Å²) in [5.74, 6) is 1.36. The Balaban J connectivity index is 2.67. The van der Waals surface area contributed by atoms with Crippen LogP contribution in [0.25, 0.3) is 0 Å². The lowest BCUT2D eigenvalue weighted by atomic mass is 9.94. The summed E-state index contributed by atoms with van der Waals surface area (Å²) in [5, 5.41) is 3.25. The van der Waals surface area contributed by atoms with Gasteiger partial charge in [-0.2, -0.15) is 11.8 Å². The first-order valence-corrected chi connectivity index (χ1v) is 8.08. The quantitative estimate of drug-likeness (QED) is 0.790. The Bertz CT molecular complexity index is 373. The second kappa shape index (κ2) is 8.56. The van der Waals surface area contributed by atoms with Crippen molar-refractivity contribution in [3.63, 3.8) is 0 Å². The first-order chi connectivity index (χ1) is 9.10. The molecule has 0 radical (unpaired) electrons. The summed E-state index contributed by atoms with van der Waals surface area (Å²) in [5.41, 5.74) is 0.760. The number of hydrogen-bond acceptors (Lipinski definition) is 3. The number of rotatable bonds is 8. The summed E-state index contributed by atoms with van der Waals surface area (Å²) in [4.78, 5) is 2.31. The smallest absolute Gasteiger partial charge is 0.127 e. The van der Waals surface area contributed by atoms with Crippen molar-refractivity contribution >= 4 is 11.8 Å². The van der Waals surface area contributed by atoms with Gasteiger partial charge in [0.25, 0.3) is 0 Å². The number of halogens is 1. The van der Waals surface area contributed by atoms with Crippen LogP contribution in [-0.2, 0) is 0 Å². The van der Waals surface area contributed by atoms with Crippen molar-refractivity contribution in [2.24, 2.45) is 5.92 Å². The van der Waals surface area contributed by atoms with Gasteiger partial charge in [0.15, 0.2) is 0 Å². The summed E-state index contributed by atoms with van der Waals surface area (Å²) >= 11 is 1.85. The molecule has 0 aliphatic rings. The highest BCUT2D eigenvalue weighted by Crippen LogP contribution is 2.24. The van der Waals surface area contributed by atoms with Crippen molar-refractivity contribution in [1.29, 1.82) is 0 Å². The SMILES string of the molecule is CNC(c1ccccc1F)C(C)CN(C)CCSC. The summed E-state index contributed by atoms with van der Waals surface area (Å²) in [6, 6.07) is 7.09. The average Bonchev–Trinajstić information content (AvgIpc) is 2.39. The Morgan fingerprint density at radius 3 is 2.63 bits per heavy atom.